The third-order valence-corrected chi connectivity index (χ3v) is 4.83. The Hall–Kier alpha value is -1.91. The number of aliphatic hydroxyl groups is 1. The highest BCUT2D eigenvalue weighted by molar-refractivity contribution is 6.31. The molecule has 3 rings (SSSR count). The predicted octanol–water partition coefficient (Wildman–Crippen LogP) is 4.72. The lowest BCUT2D eigenvalue weighted by molar-refractivity contribution is 0.0278. The molecule has 2 atom stereocenters. The van der Waals surface area contributed by atoms with Gasteiger partial charge in [-0.3, -0.25) is 0 Å². The fourth-order valence-corrected chi connectivity index (χ4v) is 3.08. The Kier molecular flexibility index (Phi) is 6.64. The monoisotopic (exact) mass is 369 g/mol. The van der Waals surface area contributed by atoms with Gasteiger partial charge in [-0.25, -0.2) is 0 Å². The van der Waals surface area contributed by atoms with Crippen LogP contribution >= 0.6 is 11.6 Å². The van der Waals surface area contributed by atoms with Crippen molar-refractivity contribution in [1.29, 1.82) is 0 Å². The van der Waals surface area contributed by atoms with Crippen LogP contribution in [-0.2, 0) is 11.3 Å². The molecule has 3 aromatic carbocycles. The Morgan fingerprint density at radius 1 is 1.00 bits per heavy atom. The molecule has 3 aromatic rings. The van der Waals surface area contributed by atoms with E-state index in [0.717, 1.165) is 5.56 Å². The summed E-state index contributed by atoms with van der Waals surface area (Å²) >= 11 is 6.10. The van der Waals surface area contributed by atoms with Crippen molar-refractivity contribution in [1.82, 2.24) is 5.32 Å². The van der Waals surface area contributed by atoms with Crippen molar-refractivity contribution >= 4 is 22.4 Å². The standard InChI is InChI=1S/C22H24ClNO2/c1-16(18-11-10-17-6-2-3-7-19(17)12-18)24-13-21(25)15-26-14-20-8-4-5-9-22(20)23/h2-12,16,21,24-25H,13-15H2,1H3/t16-,21-/m0/s1. The second kappa shape index (κ2) is 9.15. The quantitative estimate of drug-likeness (QED) is 0.603. The maximum atomic E-state index is 10.1. The molecular weight excluding hydrogens is 346 g/mol. The van der Waals surface area contributed by atoms with E-state index in [4.69, 9.17) is 16.3 Å². The van der Waals surface area contributed by atoms with Crippen molar-refractivity contribution in [3.63, 3.8) is 0 Å². The summed E-state index contributed by atoms with van der Waals surface area (Å²) in [5.74, 6) is 0. The van der Waals surface area contributed by atoms with Gasteiger partial charge in [0.05, 0.1) is 19.3 Å². The fourth-order valence-electron chi connectivity index (χ4n) is 2.89. The lowest BCUT2D eigenvalue weighted by atomic mass is 10.0. The molecule has 136 valence electrons. The van der Waals surface area contributed by atoms with E-state index in [1.807, 2.05) is 36.4 Å². The number of rotatable bonds is 8. The zero-order valence-corrected chi connectivity index (χ0v) is 15.6. The normalized spacial score (nSPS) is 13.7. The number of fused-ring (bicyclic) bond motifs is 1. The van der Waals surface area contributed by atoms with Gasteiger partial charge in [0, 0.05) is 17.6 Å². The van der Waals surface area contributed by atoms with Gasteiger partial charge in [-0.15, -0.1) is 0 Å². The largest absolute Gasteiger partial charge is 0.389 e. The molecular formula is C22H24ClNO2. The number of benzene rings is 3. The minimum atomic E-state index is -0.569. The third-order valence-electron chi connectivity index (χ3n) is 4.46. The van der Waals surface area contributed by atoms with Crippen molar-refractivity contribution in [2.75, 3.05) is 13.2 Å². The van der Waals surface area contributed by atoms with Crippen LogP contribution in [0.2, 0.25) is 5.02 Å². The Morgan fingerprint density at radius 3 is 2.54 bits per heavy atom. The average molecular weight is 370 g/mol. The van der Waals surface area contributed by atoms with Crippen LogP contribution in [0.4, 0.5) is 0 Å². The van der Waals surface area contributed by atoms with Crippen LogP contribution < -0.4 is 5.32 Å². The van der Waals surface area contributed by atoms with Gasteiger partial charge in [0.2, 0.25) is 0 Å². The highest BCUT2D eigenvalue weighted by Crippen LogP contribution is 2.20. The van der Waals surface area contributed by atoms with Gasteiger partial charge >= 0.3 is 0 Å². The number of hydrogen-bond donors (Lipinski definition) is 2. The summed E-state index contributed by atoms with van der Waals surface area (Å²) in [6, 6.07) is 22.5. The fraction of sp³-hybridized carbons (Fsp3) is 0.273. The molecule has 0 saturated heterocycles. The van der Waals surface area contributed by atoms with Crippen molar-refractivity contribution in [2.45, 2.75) is 25.7 Å². The summed E-state index contributed by atoms with van der Waals surface area (Å²) in [6.45, 7) is 3.23. The van der Waals surface area contributed by atoms with Crippen molar-refractivity contribution < 1.29 is 9.84 Å². The van der Waals surface area contributed by atoms with Gasteiger partial charge in [0.25, 0.3) is 0 Å². The predicted molar refractivity (Wildman–Crippen MR) is 107 cm³/mol. The minimum absolute atomic E-state index is 0.151. The Morgan fingerprint density at radius 2 is 1.73 bits per heavy atom. The first-order valence-electron chi connectivity index (χ1n) is 8.85. The van der Waals surface area contributed by atoms with E-state index in [1.165, 1.54) is 16.3 Å². The van der Waals surface area contributed by atoms with Crippen LogP contribution in [0.3, 0.4) is 0 Å². The van der Waals surface area contributed by atoms with Crippen LogP contribution in [0.15, 0.2) is 66.7 Å². The van der Waals surface area contributed by atoms with E-state index in [9.17, 15) is 5.11 Å². The molecule has 0 bridgehead atoms. The summed E-state index contributed by atoms with van der Waals surface area (Å²) in [7, 11) is 0. The second-order valence-corrected chi connectivity index (χ2v) is 6.90. The Labute approximate surface area is 159 Å². The Balaban J connectivity index is 1.45. The smallest absolute Gasteiger partial charge is 0.0898 e. The molecule has 0 radical (unpaired) electrons. The van der Waals surface area contributed by atoms with Crippen LogP contribution in [-0.4, -0.2) is 24.4 Å². The highest BCUT2D eigenvalue weighted by atomic mass is 35.5. The minimum Gasteiger partial charge on any atom is -0.389 e. The van der Waals surface area contributed by atoms with Crippen LogP contribution in [0.25, 0.3) is 10.8 Å². The number of halogens is 1. The van der Waals surface area contributed by atoms with E-state index in [-0.39, 0.29) is 12.6 Å². The van der Waals surface area contributed by atoms with Crippen molar-refractivity contribution in [3.05, 3.63) is 82.9 Å². The Bertz CT molecular complexity index is 852. The topological polar surface area (TPSA) is 41.5 Å². The summed E-state index contributed by atoms with van der Waals surface area (Å²) in [5, 5.41) is 16.7. The molecule has 3 nitrogen and oxygen atoms in total. The van der Waals surface area contributed by atoms with Crippen LogP contribution in [0.5, 0.6) is 0 Å². The number of ether oxygens (including phenoxy) is 1. The lowest BCUT2D eigenvalue weighted by Gasteiger charge is -2.18. The molecule has 2 N–H and O–H groups in total. The van der Waals surface area contributed by atoms with Crippen molar-refractivity contribution in [3.8, 4) is 0 Å². The summed E-state index contributed by atoms with van der Waals surface area (Å²) in [5.41, 5.74) is 2.13. The van der Waals surface area contributed by atoms with Crippen LogP contribution in [0, 0.1) is 0 Å². The van der Waals surface area contributed by atoms with Gasteiger partial charge in [0.1, 0.15) is 0 Å². The molecule has 0 aliphatic carbocycles. The van der Waals surface area contributed by atoms with Gasteiger partial charge < -0.3 is 15.2 Å². The van der Waals surface area contributed by atoms with Gasteiger partial charge in [-0.1, -0.05) is 66.2 Å². The average Bonchev–Trinajstić information content (AvgIpc) is 2.67. The first-order chi connectivity index (χ1) is 12.6. The van der Waals surface area contributed by atoms with E-state index in [2.05, 4.69) is 42.6 Å². The first kappa shape index (κ1) is 18.9. The van der Waals surface area contributed by atoms with E-state index in [1.54, 1.807) is 0 Å². The molecule has 26 heavy (non-hydrogen) atoms. The van der Waals surface area contributed by atoms with Gasteiger partial charge in [-0.05, 0) is 41.0 Å². The molecule has 0 amide bonds. The summed E-state index contributed by atoms with van der Waals surface area (Å²) < 4.78 is 5.58. The van der Waals surface area contributed by atoms with Crippen molar-refractivity contribution in [2.24, 2.45) is 0 Å². The third kappa shape index (κ3) is 5.05. The molecule has 0 fully saturated rings. The molecule has 0 aromatic heterocycles. The zero-order valence-electron chi connectivity index (χ0n) is 14.9. The lowest BCUT2D eigenvalue weighted by Crippen LogP contribution is -2.32. The number of aliphatic hydroxyl groups excluding tert-OH is 1. The molecule has 4 heteroatoms. The number of hydrogen-bond acceptors (Lipinski definition) is 3. The first-order valence-corrected chi connectivity index (χ1v) is 9.22. The van der Waals surface area contributed by atoms with E-state index >= 15 is 0 Å². The summed E-state index contributed by atoms with van der Waals surface area (Å²) in [4.78, 5) is 0. The molecule has 0 unspecified atom stereocenters. The van der Waals surface area contributed by atoms with E-state index < -0.39 is 6.10 Å². The van der Waals surface area contributed by atoms with Crippen LogP contribution in [0.1, 0.15) is 24.1 Å². The highest BCUT2D eigenvalue weighted by Gasteiger charge is 2.10. The molecule has 0 aliphatic heterocycles. The summed E-state index contributed by atoms with van der Waals surface area (Å²) in [6.07, 6.45) is -0.569. The maximum Gasteiger partial charge on any atom is 0.0898 e. The zero-order chi connectivity index (χ0) is 18.4. The van der Waals surface area contributed by atoms with E-state index in [0.29, 0.717) is 18.2 Å². The SMILES string of the molecule is C[C@H](NC[C@H](O)COCc1ccccc1Cl)c1ccc2ccccc2c1. The second-order valence-electron chi connectivity index (χ2n) is 6.50. The van der Waals surface area contributed by atoms with Gasteiger partial charge in [-0.2, -0.15) is 0 Å². The van der Waals surface area contributed by atoms with Gasteiger partial charge in [0.15, 0.2) is 0 Å². The maximum absolute atomic E-state index is 10.1. The molecule has 0 spiro atoms. The molecule has 0 aliphatic rings. The number of nitrogens with one attached hydrogen (secondary N) is 1. The molecule has 0 heterocycles. The molecule has 0 saturated carbocycles.